The largest absolute Gasteiger partial charge is 0.472 e. The number of fused-ring (bicyclic) bond motifs is 1. The van der Waals surface area contributed by atoms with Gasteiger partial charge in [0.15, 0.2) is 0 Å². The molecule has 1 N–H and O–H groups in total. The number of hydrogen-bond acceptors (Lipinski definition) is 9. The third-order valence-electron chi connectivity index (χ3n) is 7.95. The van der Waals surface area contributed by atoms with Gasteiger partial charge in [-0.1, -0.05) is 6.92 Å². The van der Waals surface area contributed by atoms with Gasteiger partial charge in [0.1, 0.15) is 36.3 Å². The van der Waals surface area contributed by atoms with Crippen LogP contribution in [0.2, 0.25) is 0 Å². The maximum absolute atomic E-state index is 13.0. The smallest absolute Gasteiger partial charge is 0.341 e. The van der Waals surface area contributed by atoms with Gasteiger partial charge in [-0.3, -0.25) is 9.59 Å². The average Bonchev–Trinajstić information content (AvgIpc) is 3.30. The van der Waals surface area contributed by atoms with E-state index in [4.69, 9.17) is 23.4 Å². The second-order valence-electron chi connectivity index (χ2n) is 10.2. The van der Waals surface area contributed by atoms with E-state index < -0.39 is 64.9 Å². The van der Waals surface area contributed by atoms with Crippen molar-refractivity contribution in [3.8, 4) is 0 Å². The second-order valence-corrected chi connectivity index (χ2v) is 10.2. The molecule has 1 spiro atoms. The molecule has 8 atom stereocenters. The van der Waals surface area contributed by atoms with Crippen LogP contribution in [0.15, 0.2) is 23.0 Å². The quantitative estimate of drug-likeness (QED) is 0.529. The standard InChI is InChI=1S/C24H32O9/c1-12-7-8-16(30-13(2)25)23(6)20(32-21(28)15-9-10-29-11-15)18(27)17-19(31-14(3)26)24(12,23)33-22(17,4)5/h9-12,16-20,27H,7-8H2,1-6H3. The number of aliphatic hydroxyl groups excluding tert-OH is 1. The van der Waals surface area contributed by atoms with E-state index >= 15 is 0 Å². The molecule has 182 valence electrons. The van der Waals surface area contributed by atoms with Gasteiger partial charge in [0, 0.05) is 13.8 Å². The number of ether oxygens (including phenoxy) is 4. The van der Waals surface area contributed by atoms with Crippen LogP contribution < -0.4 is 0 Å². The third kappa shape index (κ3) is 3.31. The number of hydrogen-bond donors (Lipinski definition) is 1. The Morgan fingerprint density at radius 1 is 1.03 bits per heavy atom. The number of furan rings is 1. The molecule has 1 saturated heterocycles. The molecule has 9 heteroatoms. The Bertz CT molecular complexity index is 938. The van der Waals surface area contributed by atoms with Crippen LogP contribution in [0.1, 0.15) is 64.7 Å². The third-order valence-corrected chi connectivity index (χ3v) is 7.95. The van der Waals surface area contributed by atoms with E-state index in [0.717, 1.165) is 0 Å². The van der Waals surface area contributed by atoms with Gasteiger partial charge in [-0.25, -0.2) is 4.79 Å². The van der Waals surface area contributed by atoms with Gasteiger partial charge in [0.05, 0.1) is 28.8 Å². The van der Waals surface area contributed by atoms with Gasteiger partial charge in [0.25, 0.3) is 0 Å². The van der Waals surface area contributed by atoms with Crippen LogP contribution in [0.5, 0.6) is 0 Å². The van der Waals surface area contributed by atoms with E-state index in [1.165, 1.54) is 32.4 Å². The maximum atomic E-state index is 13.0. The molecular formula is C24H32O9. The van der Waals surface area contributed by atoms with Gasteiger partial charge in [0.2, 0.25) is 0 Å². The van der Waals surface area contributed by atoms with Crippen LogP contribution in [0.4, 0.5) is 0 Å². The molecule has 1 aromatic heterocycles. The maximum Gasteiger partial charge on any atom is 0.341 e. The predicted molar refractivity (Wildman–Crippen MR) is 113 cm³/mol. The summed E-state index contributed by atoms with van der Waals surface area (Å²) in [6.07, 6.45) is -0.166. The monoisotopic (exact) mass is 464 g/mol. The van der Waals surface area contributed by atoms with Crippen LogP contribution in [0, 0.1) is 17.3 Å². The van der Waals surface area contributed by atoms with Crippen molar-refractivity contribution in [2.75, 3.05) is 0 Å². The van der Waals surface area contributed by atoms with Gasteiger partial charge in [-0.05, 0) is 45.6 Å². The van der Waals surface area contributed by atoms with Crippen molar-refractivity contribution in [1.82, 2.24) is 0 Å². The van der Waals surface area contributed by atoms with Crippen LogP contribution in [-0.2, 0) is 28.5 Å². The number of esters is 3. The minimum absolute atomic E-state index is 0.148. The number of carbonyl (C=O) groups excluding carboxylic acids is 3. The lowest BCUT2D eigenvalue weighted by Gasteiger charge is -2.62. The first-order valence-electron chi connectivity index (χ1n) is 11.3. The average molecular weight is 465 g/mol. The molecule has 4 rings (SSSR count). The first kappa shape index (κ1) is 23.8. The fraction of sp³-hybridized carbons (Fsp3) is 0.708. The highest BCUT2D eigenvalue weighted by molar-refractivity contribution is 5.89. The predicted octanol–water partition coefficient (Wildman–Crippen LogP) is 2.64. The van der Waals surface area contributed by atoms with Crippen LogP contribution in [0.25, 0.3) is 0 Å². The molecule has 0 amide bonds. The SMILES string of the molecule is CC(=O)OC1CCC(C)C23OC(C)(C)C(C(O)C(OC(=O)c4ccoc4)C12C)C3OC(C)=O. The van der Waals surface area contributed by atoms with Gasteiger partial charge in [-0.2, -0.15) is 0 Å². The summed E-state index contributed by atoms with van der Waals surface area (Å²) in [4.78, 5) is 37.2. The Kier molecular flexibility index (Phi) is 5.64. The second kappa shape index (κ2) is 7.84. The summed E-state index contributed by atoms with van der Waals surface area (Å²) >= 11 is 0. The first-order valence-corrected chi connectivity index (χ1v) is 11.3. The minimum Gasteiger partial charge on any atom is -0.472 e. The highest BCUT2D eigenvalue weighted by Gasteiger charge is 2.81. The molecule has 9 nitrogen and oxygen atoms in total. The topological polar surface area (TPSA) is 122 Å². The summed E-state index contributed by atoms with van der Waals surface area (Å²) in [5.74, 6) is -2.49. The Morgan fingerprint density at radius 3 is 2.27 bits per heavy atom. The number of rotatable bonds is 4. The zero-order chi connectivity index (χ0) is 24.3. The summed E-state index contributed by atoms with van der Waals surface area (Å²) in [5, 5.41) is 11.6. The molecule has 3 aliphatic rings. The molecule has 1 aromatic rings. The molecule has 0 aromatic carbocycles. The fourth-order valence-electron chi connectivity index (χ4n) is 6.70. The minimum atomic E-state index is -1.25. The Hall–Kier alpha value is -2.39. The molecule has 8 unspecified atom stereocenters. The first-order chi connectivity index (χ1) is 15.4. The molecule has 2 saturated carbocycles. The van der Waals surface area contributed by atoms with Crippen LogP contribution in [0.3, 0.4) is 0 Å². The normalized spacial score (nSPS) is 41.1. The van der Waals surface area contributed by atoms with Crippen molar-refractivity contribution in [1.29, 1.82) is 0 Å². The lowest BCUT2D eigenvalue weighted by atomic mass is 9.48. The van der Waals surface area contributed by atoms with Crippen LogP contribution >= 0.6 is 0 Å². The van der Waals surface area contributed by atoms with Gasteiger partial charge in [-0.15, -0.1) is 0 Å². The van der Waals surface area contributed by atoms with E-state index in [2.05, 4.69) is 0 Å². The number of aliphatic hydroxyl groups is 1. The fourth-order valence-corrected chi connectivity index (χ4v) is 6.70. The highest BCUT2D eigenvalue weighted by atomic mass is 16.6. The van der Waals surface area contributed by atoms with Crippen molar-refractivity contribution in [3.63, 3.8) is 0 Å². The molecular weight excluding hydrogens is 432 g/mol. The molecule has 0 radical (unpaired) electrons. The summed E-state index contributed by atoms with van der Waals surface area (Å²) in [5.41, 5.74) is -3.09. The molecule has 3 fully saturated rings. The number of carbonyl (C=O) groups is 3. The van der Waals surface area contributed by atoms with Gasteiger partial charge >= 0.3 is 17.9 Å². The van der Waals surface area contributed by atoms with E-state index in [1.807, 2.05) is 20.8 Å². The molecule has 1 aliphatic heterocycles. The summed E-state index contributed by atoms with van der Waals surface area (Å²) < 4.78 is 29.3. The van der Waals surface area contributed by atoms with Crippen molar-refractivity contribution in [2.45, 2.75) is 90.0 Å². The summed E-state index contributed by atoms with van der Waals surface area (Å²) in [6, 6.07) is 1.47. The summed E-state index contributed by atoms with van der Waals surface area (Å²) in [7, 11) is 0. The lowest BCUT2D eigenvalue weighted by molar-refractivity contribution is -0.298. The van der Waals surface area contributed by atoms with E-state index in [0.29, 0.717) is 12.8 Å². The Labute approximate surface area is 192 Å². The van der Waals surface area contributed by atoms with Crippen molar-refractivity contribution < 1.29 is 42.9 Å². The summed E-state index contributed by atoms with van der Waals surface area (Å²) in [6.45, 7) is 10.1. The van der Waals surface area contributed by atoms with Gasteiger partial charge < -0.3 is 28.5 Å². The Balaban J connectivity index is 1.90. The van der Waals surface area contributed by atoms with E-state index in [1.54, 1.807) is 6.92 Å². The zero-order valence-electron chi connectivity index (χ0n) is 19.8. The van der Waals surface area contributed by atoms with Crippen LogP contribution in [-0.4, -0.2) is 58.6 Å². The van der Waals surface area contributed by atoms with Crippen molar-refractivity contribution in [3.05, 3.63) is 24.2 Å². The molecule has 2 heterocycles. The molecule has 2 bridgehead atoms. The van der Waals surface area contributed by atoms with E-state index in [9.17, 15) is 19.5 Å². The van der Waals surface area contributed by atoms with E-state index in [-0.39, 0.29) is 11.5 Å². The Morgan fingerprint density at radius 2 is 1.70 bits per heavy atom. The molecule has 2 aliphatic carbocycles. The highest BCUT2D eigenvalue weighted by Crippen LogP contribution is 2.67. The molecule has 33 heavy (non-hydrogen) atoms. The lowest BCUT2D eigenvalue weighted by Crippen LogP contribution is -2.76. The van der Waals surface area contributed by atoms with Crippen molar-refractivity contribution in [2.24, 2.45) is 17.3 Å². The van der Waals surface area contributed by atoms with Crippen molar-refractivity contribution >= 4 is 17.9 Å². The zero-order valence-corrected chi connectivity index (χ0v) is 19.8.